The van der Waals surface area contributed by atoms with Crippen molar-refractivity contribution in [3.8, 4) is 0 Å². The number of primary amides is 1. The fourth-order valence-electron chi connectivity index (χ4n) is 2.39. The maximum atomic E-state index is 11.7. The fraction of sp³-hybridized carbons (Fsp3) is 0.467. The summed E-state index contributed by atoms with van der Waals surface area (Å²) >= 11 is 0. The van der Waals surface area contributed by atoms with Gasteiger partial charge in [0.2, 0.25) is 5.91 Å². The number of ether oxygens (including phenoxy) is 1. The zero-order valence-corrected chi connectivity index (χ0v) is 12.0. The lowest BCUT2D eigenvalue weighted by Gasteiger charge is -2.31. The van der Waals surface area contributed by atoms with Crippen molar-refractivity contribution >= 4 is 12.0 Å². The smallest absolute Gasteiger partial charge is 0.407 e. The Labute approximate surface area is 124 Å². The van der Waals surface area contributed by atoms with Crippen molar-refractivity contribution in [2.24, 2.45) is 5.73 Å². The Morgan fingerprint density at radius 1 is 1.24 bits per heavy atom. The van der Waals surface area contributed by atoms with Crippen LogP contribution in [-0.2, 0) is 16.1 Å². The zero-order chi connectivity index (χ0) is 15.1. The number of rotatable bonds is 5. The van der Waals surface area contributed by atoms with Crippen molar-refractivity contribution in [3.05, 3.63) is 35.9 Å². The number of amides is 2. The van der Waals surface area contributed by atoms with Crippen LogP contribution >= 0.6 is 0 Å². The number of benzene rings is 1. The number of carbonyl (C=O) groups is 2. The lowest BCUT2D eigenvalue weighted by atomic mass is 10.1. The van der Waals surface area contributed by atoms with Gasteiger partial charge in [0.1, 0.15) is 6.61 Å². The Morgan fingerprint density at radius 2 is 1.90 bits per heavy atom. The molecule has 0 aliphatic carbocycles. The molecule has 2 rings (SSSR count). The van der Waals surface area contributed by atoms with E-state index in [4.69, 9.17) is 10.5 Å². The molecule has 1 aliphatic rings. The molecule has 1 aromatic carbocycles. The van der Waals surface area contributed by atoms with Gasteiger partial charge < -0.3 is 15.8 Å². The molecular formula is C15H21N3O3. The van der Waals surface area contributed by atoms with Crippen LogP contribution in [0, 0.1) is 0 Å². The summed E-state index contributed by atoms with van der Waals surface area (Å²) in [6, 6.07) is 9.66. The molecule has 6 heteroatoms. The molecule has 0 spiro atoms. The number of likely N-dealkylation sites (tertiary alicyclic amines) is 1. The second-order valence-corrected chi connectivity index (χ2v) is 5.22. The maximum absolute atomic E-state index is 11.7. The second-order valence-electron chi connectivity index (χ2n) is 5.22. The number of nitrogens with one attached hydrogen (secondary N) is 1. The summed E-state index contributed by atoms with van der Waals surface area (Å²) in [5.74, 6) is -0.316. The first-order valence-electron chi connectivity index (χ1n) is 7.11. The number of nitrogens with two attached hydrogens (primary N) is 1. The maximum Gasteiger partial charge on any atom is 0.407 e. The molecule has 3 N–H and O–H groups in total. The summed E-state index contributed by atoms with van der Waals surface area (Å²) in [5, 5.41) is 2.86. The van der Waals surface area contributed by atoms with Gasteiger partial charge >= 0.3 is 6.09 Å². The molecule has 1 fully saturated rings. The topological polar surface area (TPSA) is 84.7 Å². The van der Waals surface area contributed by atoms with Crippen LogP contribution in [0.1, 0.15) is 18.4 Å². The Hall–Kier alpha value is -2.08. The Bertz CT molecular complexity index is 470. The molecule has 1 heterocycles. The number of nitrogens with zero attached hydrogens (tertiary/aromatic N) is 1. The van der Waals surface area contributed by atoms with Crippen molar-refractivity contribution in [3.63, 3.8) is 0 Å². The van der Waals surface area contributed by atoms with Crippen LogP contribution in [0.5, 0.6) is 0 Å². The summed E-state index contributed by atoms with van der Waals surface area (Å²) in [7, 11) is 0. The van der Waals surface area contributed by atoms with E-state index in [-0.39, 0.29) is 25.1 Å². The third-order valence-corrected chi connectivity index (χ3v) is 3.50. The van der Waals surface area contributed by atoms with Gasteiger partial charge in [-0.1, -0.05) is 30.3 Å². The molecular weight excluding hydrogens is 270 g/mol. The van der Waals surface area contributed by atoms with Gasteiger partial charge in [0, 0.05) is 19.1 Å². The molecule has 0 aromatic heterocycles. The number of hydrogen-bond acceptors (Lipinski definition) is 4. The first-order chi connectivity index (χ1) is 10.1. The van der Waals surface area contributed by atoms with E-state index >= 15 is 0 Å². The standard InChI is InChI=1S/C15H21N3O3/c16-14(19)10-18-8-6-13(7-9-18)17-15(20)21-11-12-4-2-1-3-5-12/h1-5,13H,6-11H2,(H2,16,19)(H,17,20). The van der Waals surface area contributed by atoms with Crippen molar-refractivity contribution in [2.45, 2.75) is 25.5 Å². The fourth-order valence-corrected chi connectivity index (χ4v) is 2.39. The van der Waals surface area contributed by atoms with Crippen molar-refractivity contribution in [1.82, 2.24) is 10.2 Å². The second kappa shape index (κ2) is 7.64. The normalized spacial score (nSPS) is 16.4. The van der Waals surface area contributed by atoms with Crippen LogP contribution in [-0.4, -0.2) is 42.6 Å². The summed E-state index contributed by atoms with van der Waals surface area (Å²) in [6.45, 7) is 2.07. The number of alkyl carbamates (subject to hydrolysis) is 1. The van der Waals surface area contributed by atoms with Gasteiger partial charge in [0.15, 0.2) is 0 Å². The molecule has 1 aromatic rings. The highest BCUT2D eigenvalue weighted by Gasteiger charge is 2.21. The molecule has 0 radical (unpaired) electrons. The SMILES string of the molecule is NC(=O)CN1CCC(NC(=O)OCc2ccccc2)CC1. The highest BCUT2D eigenvalue weighted by molar-refractivity contribution is 5.75. The van der Waals surface area contributed by atoms with Crippen molar-refractivity contribution < 1.29 is 14.3 Å². The summed E-state index contributed by atoms with van der Waals surface area (Å²) in [4.78, 5) is 24.6. The third kappa shape index (κ3) is 5.43. The molecule has 0 saturated carbocycles. The third-order valence-electron chi connectivity index (χ3n) is 3.50. The average molecular weight is 291 g/mol. The van der Waals surface area contributed by atoms with E-state index in [1.165, 1.54) is 0 Å². The highest BCUT2D eigenvalue weighted by Crippen LogP contribution is 2.10. The summed E-state index contributed by atoms with van der Waals surface area (Å²) in [5.41, 5.74) is 6.13. The van der Waals surface area contributed by atoms with Crippen LogP contribution < -0.4 is 11.1 Å². The van der Waals surface area contributed by atoms with Crippen molar-refractivity contribution in [1.29, 1.82) is 0 Å². The van der Waals surface area contributed by atoms with E-state index in [9.17, 15) is 9.59 Å². The van der Waals surface area contributed by atoms with E-state index in [1.807, 2.05) is 35.2 Å². The number of carbonyl (C=O) groups excluding carboxylic acids is 2. The molecule has 1 saturated heterocycles. The van der Waals surface area contributed by atoms with Crippen LogP contribution in [0.15, 0.2) is 30.3 Å². The first kappa shape index (κ1) is 15.3. The first-order valence-corrected chi connectivity index (χ1v) is 7.11. The molecule has 2 amide bonds. The monoisotopic (exact) mass is 291 g/mol. The van der Waals surface area contributed by atoms with E-state index in [1.54, 1.807) is 0 Å². The van der Waals surface area contributed by atoms with E-state index < -0.39 is 6.09 Å². The lowest BCUT2D eigenvalue weighted by molar-refractivity contribution is -0.119. The molecule has 0 bridgehead atoms. The summed E-state index contributed by atoms with van der Waals surface area (Å²) < 4.78 is 5.18. The molecule has 0 unspecified atom stereocenters. The van der Waals surface area contributed by atoms with Gasteiger partial charge in [-0.05, 0) is 18.4 Å². The van der Waals surface area contributed by atoms with Crippen LogP contribution in [0.3, 0.4) is 0 Å². The van der Waals surface area contributed by atoms with E-state index in [2.05, 4.69) is 5.32 Å². The predicted octanol–water partition coefficient (Wildman–Crippen LogP) is 0.863. The quantitative estimate of drug-likeness (QED) is 0.842. The minimum atomic E-state index is -0.396. The summed E-state index contributed by atoms with van der Waals surface area (Å²) in [6.07, 6.45) is 1.20. The Kier molecular flexibility index (Phi) is 5.57. The predicted molar refractivity (Wildman–Crippen MR) is 78.4 cm³/mol. The van der Waals surface area contributed by atoms with E-state index in [0.29, 0.717) is 0 Å². The van der Waals surface area contributed by atoms with Gasteiger partial charge in [-0.2, -0.15) is 0 Å². The molecule has 0 atom stereocenters. The largest absolute Gasteiger partial charge is 0.445 e. The average Bonchev–Trinajstić information content (AvgIpc) is 2.48. The van der Waals surface area contributed by atoms with Crippen molar-refractivity contribution in [2.75, 3.05) is 19.6 Å². The Balaban J connectivity index is 1.66. The molecule has 21 heavy (non-hydrogen) atoms. The minimum Gasteiger partial charge on any atom is -0.445 e. The van der Waals surface area contributed by atoms with E-state index in [0.717, 1.165) is 31.5 Å². The molecule has 6 nitrogen and oxygen atoms in total. The minimum absolute atomic E-state index is 0.0948. The lowest BCUT2D eigenvalue weighted by Crippen LogP contribution is -2.46. The van der Waals surface area contributed by atoms with Crippen LogP contribution in [0.2, 0.25) is 0 Å². The molecule has 1 aliphatic heterocycles. The zero-order valence-electron chi connectivity index (χ0n) is 12.0. The number of piperidine rings is 1. The van der Waals surface area contributed by atoms with Gasteiger partial charge in [0.05, 0.1) is 6.54 Å². The van der Waals surface area contributed by atoms with Gasteiger partial charge in [-0.15, -0.1) is 0 Å². The van der Waals surface area contributed by atoms with Crippen LogP contribution in [0.4, 0.5) is 4.79 Å². The Morgan fingerprint density at radius 3 is 2.52 bits per heavy atom. The number of hydrogen-bond donors (Lipinski definition) is 2. The van der Waals surface area contributed by atoms with Gasteiger partial charge in [-0.3, -0.25) is 9.69 Å². The van der Waals surface area contributed by atoms with Gasteiger partial charge in [-0.25, -0.2) is 4.79 Å². The molecule has 114 valence electrons. The van der Waals surface area contributed by atoms with Crippen LogP contribution in [0.25, 0.3) is 0 Å². The van der Waals surface area contributed by atoms with Gasteiger partial charge in [0.25, 0.3) is 0 Å². The highest BCUT2D eigenvalue weighted by atomic mass is 16.5.